The summed E-state index contributed by atoms with van der Waals surface area (Å²) in [6.07, 6.45) is 0. The lowest BCUT2D eigenvalue weighted by Gasteiger charge is -2.11. The van der Waals surface area contributed by atoms with Crippen LogP contribution < -0.4 is 5.32 Å². The summed E-state index contributed by atoms with van der Waals surface area (Å²) in [6.45, 7) is 5.85. The molecule has 0 aliphatic rings. The van der Waals surface area contributed by atoms with Crippen LogP contribution in [0.25, 0.3) is 0 Å². The summed E-state index contributed by atoms with van der Waals surface area (Å²) in [6, 6.07) is 6.83. The molecule has 1 aromatic heterocycles. The minimum atomic E-state index is -0.142. The average molecular weight is 358 g/mol. The van der Waals surface area contributed by atoms with Crippen molar-refractivity contribution in [1.82, 2.24) is 14.9 Å². The van der Waals surface area contributed by atoms with E-state index >= 15 is 0 Å². The van der Waals surface area contributed by atoms with Gasteiger partial charge in [-0.3, -0.25) is 9.59 Å². The van der Waals surface area contributed by atoms with Crippen LogP contribution in [0.4, 0.5) is 5.69 Å². The van der Waals surface area contributed by atoms with E-state index in [0.29, 0.717) is 16.4 Å². The molecular weight excluding hydrogens is 336 g/mol. The number of anilines is 1. The van der Waals surface area contributed by atoms with E-state index in [9.17, 15) is 9.59 Å². The Bertz CT molecular complexity index is 765. The maximum Gasteiger partial charge on any atom is 0.253 e. The quantitative estimate of drug-likeness (QED) is 0.657. The zero-order valence-corrected chi connectivity index (χ0v) is 15.9. The van der Waals surface area contributed by atoms with Crippen LogP contribution in [0.2, 0.25) is 0 Å². The van der Waals surface area contributed by atoms with Gasteiger partial charge in [-0.25, -0.2) is 9.97 Å². The third-order valence-corrected chi connectivity index (χ3v) is 4.61. The number of carbonyl (C=O) groups excluding carboxylic acids is 2. The summed E-state index contributed by atoms with van der Waals surface area (Å²) in [5.41, 5.74) is 4.16. The Balaban J connectivity index is 1.93. The highest BCUT2D eigenvalue weighted by molar-refractivity contribution is 7.99. The first-order valence-corrected chi connectivity index (χ1v) is 8.82. The average Bonchev–Trinajstić information content (AvgIpc) is 2.57. The maximum absolute atomic E-state index is 12.1. The smallest absolute Gasteiger partial charge is 0.253 e. The Morgan fingerprint density at radius 2 is 1.60 bits per heavy atom. The van der Waals surface area contributed by atoms with Crippen LogP contribution in [0.1, 0.15) is 27.3 Å². The summed E-state index contributed by atoms with van der Waals surface area (Å²) in [5.74, 6) is 0.00667. The first-order chi connectivity index (χ1) is 11.8. The maximum atomic E-state index is 12.1. The number of amides is 2. The fourth-order valence-corrected chi connectivity index (χ4v) is 2.82. The number of aryl methyl sites for hydroxylation is 2. The van der Waals surface area contributed by atoms with Crippen LogP contribution in [0.15, 0.2) is 29.4 Å². The third kappa shape index (κ3) is 5.03. The van der Waals surface area contributed by atoms with Gasteiger partial charge < -0.3 is 10.2 Å². The molecule has 2 amide bonds. The van der Waals surface area contributed by atoms with Crippen LogP contribution >= 0.6 is 11.8 Å². The lowest BCUT2D eigenvalue weighted by atomic mass is 10.2. The van der Waals surface area contributed by atoms with E-state index in [1.54, 1.807) is 38.4 Å². The molecule has 1 N–H and O–H groups in total. The first-order valence-electron chi connectivity index (χ1n) is 7.84. The van der Waals surface area contributed by atoms with Gasteiger partial charge in [-0.05, 0) is 50.6 Å². The highest BCUT2D eigenvalue weighted by Crippen LogP contribution is 2.18. The van der Waals surface area contributed by atoms with Crippen LogP contribution in [-0.2, 0) is 4.79 Å². The standard InChI is InChI=1S/C18H22N4O2S/c1-11-12(2)19-18(20-13(11)3)25-10-16(23)21-15-8-6-14(7-9-15)17(24)22(4)5/h6-9H,10H2,1-5H3,(H,21,23). The van der Waals surface area contributed by atoms with E-state index in [2.05, 4.69) is 15.3 Å². The predicted molar refractivity (Wildman–Crippen MR) is 100 cm³/mol. The molecule has 1 heterocycles. The van der Waals surface area contributed by atoms with Crippen LogP contribution in [0, 0.1) is 20.8 Å². The summed E-state index contributed by atoms with van der Waals surface area (Å²) in [5, 5.41) is 3.41. The van der Waals surface area contributed by atoms with Crippen LogP contribution in [0.5, 0.6) is 0 Å². The normalized spacial score (nSPS) is 10.4. The van der Waals surface area contributed by atoms with Gasteiger partial charge in [0.15, 0.2) is 5.16 Å². The predicted octanol–water partition coefficient (Wildman–Crippen LogP) is 2.83. The minimum Gasteiger partial charge on any atom is -0.345 e. The number of hydrogen-bond acceptors (Lipinski definition) is 5. The highest BCUT2D eigenvalue weighted by Gasteiger charge is 2.10. The van der Waals surface area contributed by atoms with Gasteiger partial charge in [0.1, 0.15) is 0 Å². The molecule has 0 unspecified atom stereocenters. The molecule has 6 nitrogen and oxygen atoms in total. The Morgan fingerprint density at radius 3 is 2.12 bits per heavy atom. The molecule has 2 aromatic rings. The summed E-state index contributed by atoms with van der Waals surface area (Å²) < 4.78 is 0. The Kier molecular flexibility index (Phi) is 6.14. The minimum absolute atomic E-state index is 0.0734. The fraction of sp³-hybridized carbons (Fsp3) is 0.333. The van der Waals surface area contributed by atoms with Crippen LogP contribution in [-0.4, -0.2) is 46.5 Å². The van der Waals surface area contributed by atoms with Gasteiger partial charge in [0.05, 0.1) is 5.75 Å². The van der Waals surface area contributed by atoms with Crippen molar-refractivity contribution in [2.45, 2.75) is 25.9 Å². The highest BCUT2D eigenvalue weighted by atomic mass is 32.2. The van der Waals surface area contributed by atoms with Crippen molar-refractivity contribution < 1.29 is 9.59 Å². The lowest BCUT2D eigenvalue weighted by Crippen LogP contribution is -2.21. The number of thioether (sulfide) groups is 1. The molecule has 132 valence electrons. The molecule has 0 aliphatic heterocycles. The molecule has 7 heteroatoms. The summed E-state index contributed by atoms with van der Waals surface area (Å²) in [7, 11) is 3.40. The molecule has 0 saturated heterocycles. The number of nitrogens with zero attached hydrogens (tertiary/aromatic N) is 3. The number of benzene rings is 1. The first kappa shape index (κ1) is 18.9. The molecule has 0 bridgehead atoms. The molecule has 0 aliphatic carbocycles. The molecule has 0 saturated carbocycles. The largest absolute Gasteiger partial charge is 0.345 e. The van der Waals surface area contributed by atoms with Gasteiger partial charge in [-0.2, -0.15) is 0 Å². The molecule has 0 fully saturated rings. The van der Waals surface area contributed by atoms with E-state index in [1.165, 1.54) is 16.7 Å². The topological polar surface area (TPSA) is 75.2 Å². The second kappa shape index (κ2) is 8.11. The number of aromatic nitrogens is 2. The molecule has 25 heavy (non-hydrogen) atoms. The van der Waals surface area contributed by atoms with E-state index in [-0.39, 0.29) is 17.6 Å². The van der Waals surface area contributed by atoms with E-state index in [4.69, 9.17) is 0 Å². The number of rotatable bonds is 5. The van der Waals surface area contributed by atoms with Crippen molar-refractivity contribution in [3.8, 4) is 0 Å². The number of carbonyl (C=O) groups is 2. The van der Waals surface area contributed by atoms with E-state index in [0.717, 1.165) is 17.0 Å². The van der Waals surface area contributed by atoms with Gasteiger partial charge in [0.25, 0.3) is 5.91 Å². The molecule has 0 atom stereocenters. The third-order valence-electron chi connectivity index (χ3n) is 3.77. The SMILES string of the molecule is Cc1nc(SCC(=O)Nc2ccc(C(=O)N(C)C)cc2)nc(C)c1C. The second-order valence-corrected chi connectivity index (χ2v) is 6.86. The van der Waals surface area contributed by atoms with Crippen molar-refractivity contribution in [2.24, 2.45) is 0 Å². The summed E-state index contributed by atoms with van der Waals surface area (Å²) >= 11 is 1.30. The zero-order valence-electron chi connectivity index (χ0n) is 15.1. The van der Waals surface area contributed by atoms with Gasteiger partial charge in [-0.1, -0.05) is 11.8 Å². The second-order valence-electron chi connectivity index (χ2n) is 5.92. The number of nitrogens with one attached hydrogen (secondary N) is 1. The van der Waals surface area contributed by atoms with Gasteiger partial charge in [0.2, 0.25) is 5.91 Å². The van der Waals surface area contributed by atoms with Crippen molar-refractivity contribution in [3.05, 3.63) is 46.8 Å². The molecule has 0 radical (unpaired) electrons. The van der Waals surface area contributed by atoms with Gasteiger partial charge in [0, 0.05) is 36.7 Å². The van der Waals surface area contributed by atoms with Crippen molar-refractivity contribution in [2.75, 3.05) is 25.2 Å². The Morgan fingerprint density at radius 1 is 1.04 bits per heavy atom. The lowest BCUT2D eigenvalue weighted by molar-refractivity contribution is -0.113. The van der Waals surface area contributed by atoms with Crippen molar-refractivity contribution in [1.29, 1.82) is 0 Å². The molecule has 2 rings (SSSR count). The zero-order chi connectivity index (χ0) is 18.6. The van der Waals surface area contributed by atoms with Crippen molar-refractivity contribution >= 4 is 29.3 Å². The van der Waals surface area contributed by atoms with Crippen LogP contribution in [0.3, 0.4) is 0 Å². The van der Waals surface area contributed by atoms with Crippen molar-refractivity contribution in [3.63, 3.8) is 0 Å². The Hall–Kier alpha value is -2.41. The van der Waals surface area contributed by atoms with Gasteiger partial charge >= 0.3 is 0 Å². The summed E-state index contributed by atoms with van der Waals surface area (Å²) in [4.78, 5) is 34.2. The monoisotopic (exact) mass is 358 g/mol. The number of hydrogen-bond donors (Lipinski definition) is 1. The molecule has 1 aromatic carbocycles. The van der Waals surface area contributed by atoms with E-state index < -0.39 is 0 Å². The van der Waals surface area contributed by atoms with E-state index in [1.807, 2.05) is 20.8 Å². The fourth-order valence-electron chi connectivity index (χ4n) is 2.09. The molecule has 0 spiro atoms. The Labute approximate surface area is 152 Å². The molecular formula is C18H22N4O2S. The van der Waals surface area contributed by atoms with Gasteiger partial charge in [-0.15, -0.1) is 0 Å².